The molecule has 2 aliphatic rings. The fraction of sp³-hybridized carbons (Fsp3) is 0.550. The first-order chi connectivity index (χ1) is 13.6. The van der Waals surface area contributed by atoms with Gasteiger partial charge in [-0.2, -0.15) is 0 Å². The second-order valence-corrected chi connectivity index (χ2v) is 7.90. The molecule has 0 aliphatic carbocycles. The largest absolute Gasteiger partial charge is 0.396 e. The first-order valence-electron chi connectivity index (χ1n) is 9.93. The lowest BCUT2D eigenvalue weighted by Gasteiger charge is -2.34. The number of benzene rings is 1. The molecule has 2 unspecified atom stereocenters. The predicted octanol–water partition coefficient (Wildman–Crippen LogP) is 0.195. The third-order valence-corrected chi connectivity index (χ3v) is 5.92. The van der Waals surface area contributed by atoms with Crippen LogP contribution in [0, 0.1) is 11.8 Å². The summed E-state index contributed by atoms with van der Waals surface area (Å²) in [7, 11) is 2.15. The monoisotopic (exact) mass is 384 g/mol. The van der Waals surface area contributed by atoms with E-state index in [9.17, 15) is 9.90 Å². The minimum absolute atomic E-state index is 0.110. The van der Waals surface area contributed by atoms with Gasteiger partial charge in [0.2, 0.25) is 0 Å². The lowest BCUT2D eigenvalue weighted by Crippen LogP contribution is -2.47. The van der Waals surface area contributed by atoms with Gasteiger partial charge in [0, 0.05) is 58.3 Å². The highest BCUT2D eigenvalue weighted by molar-refractivity contribution is 5.92. The van der Waals surface area contributed by atoms with Crippen LogP contribution in [0.4, 0.5) is 0 Å². The van der Waals surface area contributed by atoms with Crippen LogP contribution < -0.4 is 0 Å². The summed E-state index contributed by atoms with van der Waals surface area (Å²) in [5.41, 5.74) is 1.22. The molecule has 3 heterocycles. The molecule has 2 saturated heterocycles. The van der Waals surface area contributed by atoms with Crippen LogP contribution in [0.25, 0.3) is 5.69 Å². The number of aliphatic hydroxyl groups is 1. The molecule has 28 heavy (non-hydrogen) atoms. The highest BCUT2D eigenvalue weighted by Crippen LogP contribution is 2.26. The number of amides is 1. The number of nitrogens with zero attached hydrogens (tertiary/aromatic N) is 6. The van der Waals surface area contributed by atoms with Crippen LogP contribution in [0.1, 0.15) is 10.5 Å². The second kappa shape index (κ2) is 8.38. The average Bonchev–Trinajstić information content (AvgIpc) is 3.37. The molecule has 1 aromatic heterocycles. The summed E-state index contributed by atoms with van der Waals surface area (Å²) >= 11 is 0. The molecule has 1 amide bonds. The third kappa shape index (κ3) is 4.09. The topological polar surface area (TPSA) is 77.7 Å². The minimum atomic E-state index is -0.110. The Hall–Kier alpha value is -2.29. The van der Waals surface area contributed by atoms with Gasteiger partial charge >= 0.3 is 0 Å². The van der Waals surface area contributed by atoms with E-state index >= 15 is 0 Å². The Labute approximate surface area is 165 Å². The van der Waals surface area contributed by atoms with Crippen LogP contribution in [0.2, 0.25) is 0 Å². The molecule has 0 spiro atoms. The van der Waals surface area contributed by atoms with E-state index in [2.05, 4.69) is 27.2 Å². The van der Waals surface area contributed by atoms with Crippen LogP contribution in [0.5, 0.6) is 0 Å². The van der Waals surface area contributed by atoms with Crippen molar-refractivity contribution in [3.63, 3.8) is 0 Å². The van der Waals surface area contributed by atoms with Gasteiger partial charge in [0.15, 0.2) is 5.69 Å². The number of carbonyl (C=O) groups excluding carboxylic acids is 1. The van der Waals surface area contributed by atoms with Gasteiger partial charge in [-0.1, -0.05) is 23.4 Å². The van der Waals surface area contributed by atoms with E-state index in [1.807, 2.05) is 35.2 Å². The number of para-hydroxylation sites is 1. The number of carbonyl (C=O) groups is 1. The maximum absolute atomic E-state index is 12.9. The number of hydrogen-bond acceptors (Lipinski definition) is 6. The quantitative estimate of drug-likeness (QED) is 0.793. The van der Waals surface area contributed by atoms with Crippen LogP contribution in [-0.4, -0.2) is 100 Å². The molecule has 2 aromatic rings. The molecule has 8 nitrogen and oxygen atoms in total. The Morgan fingerprint density at radius 3 is 2.54 bits per heavy atom. The van der Waals surface area contributed by atoms with E-state index in [1.54, 1.807) is 10.9 Å². The van der Waals surface area contributed by atoms with E-state index < -0.39 is 0 Å². The number of aromatic nitrogens is 3. The van der Waals surface area contributed by atoms with Crippen molar-refractivity contribution in [3.05, 3.63) is 42.2 Å². The molecule has 0 bridgehead atoms. The van der Waals surface area contributed by atoms with Crippen LogP contribution in [0.3, 0.4) is 0 Å². The maximum atomic E-state index is 12.9. The van der Waals surface area contributed by atoms with E-state index in [0.717, 1.165) is 38.4 Å². The standard InChI is InChI=1S/C20H28N6O2/c1-23-7-9-24(10-8-23)11-16-12-25(13-17(16)15-27)20(28)19-14-26(22-21-19)18-5-3-2-4-6-18/h2-6,14,16-17,27H,7-13,15H2,1H3. The molecule has 0 saturated carbocycles. The third-order valence-electron chi connectivity index (χ3n) is 5.92. The summed E-state index contributed by atoms with van der Waals surface area (Å²) in [6, 6.07) is 9.63. The van der Waals surface area contributed by atoms with Gasteiger partial charge in [0.05, 0.1) is 11.9 Å². The molecule has 4 rings (SSSR count). The Bertz CT molecular complexity index is 787. The molecule has 2 atom stereocenters. The lowest BCUT2D eigenvalue weighted by atomic mass is 9.96. The molecule has 2 aliphatic heterocycles. The molecular weight excluding hydrogens is 356 g/mol. The van der Waals surface area contributed by atoms with E-state index in [0.29, 0.717) is 24.7 Å². The molecule has 0 radical (unpaired) electrons. The van der Waals surface area contributed by atoms with Gasteiger partial charge in [-0.25, -0.2) is 4.68 Å². The Morgan fingerprint density at radius 1 is 1.11 bits per heavy atom. The molecule has 2 fully saturated rings. The predicted molar refractivity (Wildman–Crippen MR) is 105 cm³/mol. The Morgan fingerprint density at radius 2 is 1.82 bits per heavy atom. The van der Waals surface area contributed by atoms with Crippen molar-refractivity contribution in [1.82, 2.24) is 29.7 Å². The summed E-state index contributed by atoms with van der Waals surface area (Å²) in [5.74, 6) is 0.302. The lowest BCUT2D eigenvalue weighted by molar-refractivity contribution is 0.0771. The van der Waals surface area contributed by atoms with Crippen molar-refractivity contribution in [2.45, 2.75) is 0 Å². The van der Waals surface area contributed by atoms with E-state index in [4.69, 9.17) is 0 Å². The minimum Gasteiger partial charge on any atom is -0.396 e. The van der Waals surface area contributed by atoms with Crippen LogP contribution in [0.15, 0.2) is 36.5 Å². The van der Waals surface area contributed by atoms with Gasteiger partial charge in [-0.15, -0.1) is 5.10 Å². The molecular formula is C20H28N6O2. The number of aliphatic hydroxyl groups excluding tert-OH is 1. The van der Waals surface area contributed by atoms with E-state index in [1.165, 1.54) is 0 Å². The number of hydrogen-bond donors (Lipinski definition) is 1. The highest BCUT2D eigenvalue weighted by Gasteiger charge is 2.37. The number of rotatable bonds is 5. The summed E-state index contributed by atoms with van der Waals surface area (Å²) in [4.78, 5) is 19.5. The van der Waals surface area contributed by atoms with Crippen molar-refractivity contribution in [2.24, 2.45) is 11.8 Å². The summed E-state index contributed by atoms with van der Waals surface area (Å²) in [6.07, 6.45) is 1.68. The van der Waals surface area contributed by atoms with Gasteiger partial charge in [-0.05, 0) is 25.1 Å². The van der Waals surface area contributed by atoms with E-state index in [-0.39, 0.29) is 18.4 Å². The average molecular weight is 384 g/mol. The van der Waals surface area contributed by atoms with Crippen molar-refractivity contribution >= 4 is 5.91 Å². The fourth-order valence-corrected chi connectivity index (χ4v) is 4.11. The first kappa shape index (κ1) is 19.0. The highest BCUT2D eigenvalue weighted by atomic mass is 16.3. The molecule has 8 heteroatoms. The van der Waals surface area contributed by atoms with Gasteiger partial charge < -0.3 is 19.8 Å². The zero-order chi connectivity index (χ0) is 19.5. The first-order valence-corrected chi connectivity index (χ1v) is 9.93. The van der Waals surface area contributed by atoms with Gasteiger partial charge in [-0.3, -0.25) is 4.79 Å². The van der Waals surface area contributed by atoms with Crippen molar-refractivity contribution in [1.29, 1.82) is 0 Å². The normalized spacial score (nSPS) is 24.0. The second-order valence-electron chi connectivity index (χ2n) is 7.90. The zero-order valence-corrected chi connectivity index (χ0v) is 16.3. The summed E-state index contributed by atoms with van der Waals surface area (Å²) < 4.78 is 1.62. The molecule has 1 aromatic carbocycles. The summed E-state index contributed by atoms with van der Waals surface area (Å²) in [6.45, 7) is 6.51. The van der Waals surface area contributed by atoms with Gasteiger partial charge in [0.25, 0.3) is 5.91 Å². The number of likely N-dealkylation sites (N-methyl/N-ethyl adjacent to an activating group) is 1. The van der Waals surface area contributed by atoms with Crippen molar-refractivity contribution in [3.8, 4) is 5.69 Å². The van der Waals surface area contributed by atoms with Gasteiger partial charge in [0.1, 0.15) is 0 Å². The van der Waals surface area contributed by atoms with Crippen molar-refractivity contribution < 1.29 is 9.90 Å². The molecule has 150 valence electrons. The smallest absolute Gasteiger partial charge is 0.276 e. The maximum Gasteiger partial charge on any atom is 0.276 e. The fourth-order valence-electron chi connectivity index (χ4n) is 4.11. The molecule has 1 N–H and O–H groups in total. The SMILES string of the molecule is CN1CCN(CC2CN(C(=O)c3cn(-c4ccccc4)nn3)CC2CO)CC1. The van der Waals surface area contributed by atoms with Crippen molar-refractivity contribution in [2.75, 3.05) is 59.5 Å². The van der Waals surface area contributed by atoms with Crippen LogP contribution in [-0.2, 0) is 0 Å². The Kier molecular flexibility index (Phi) is 5.70. The zero-order valence-electron chi connectivity index (χ0n) is 16.3. The number of likely N-dealkylation sites (tertiary alicyclic amines) is 1. The van der Waals surface area contributed by atoms with Crippen LogP contribution >= 0.6 is 0 Å². The summed E-state index contributed by atoms with van der Waals surface area (Å²) in [5, 5.41) is 18.0. The number of piperazine rings is 1. The Balaban J connectivity index is 1.40.